The van der Waals surface area contributed by atoms with Crippen molar-refractivity contribution in [3.63, 3.8) is 0 Å². The number of alkyl halides is 2. The topological polar surface area (TPSA) is 21.3 Å². The first kappa shape index (κ1) is 13.4. The van der Waals surface area contributed by atoms with E-state index < -0.39 is 13.0 Å². The summed E-state index contributed by atoms with van der Waals surface area (Å²) in [5.41, 5.74) is 2.74. The molecule has 0 saturated heterocycles. The van der Waals surface area contributed by atoms with Gasteiger partial charge in [0.15, 0.2) is 0 Å². The number of nitrogens with one attached hydrogen (secondary N) is 1. The molecule has 1 aromatic rings. The van der Waals surface area contributed by atoms with Crippen LogP contribution in [-0.2, 0) is 11.3 Å². The minimum atomic E-state index is -2.37. The lowest BCUT2D eigenvalue weighted by molar-refractivity contribution is 0.0187. The molecule has 0 bridgehead atoms. The molecular formula is C14H19F2NO. The van der Waals surface area contributed by atoms with Gasteiger partial charge in [-0.25, -0.2) is 8.78 Å². The molecular weight excluding hydrogens is 236 g/mol. The van der Waals surface area contributed by atoms with Gasteiger partial charge in [0.25, 0.3) is 6.43 Å². The van der Waals surface area contributed by atoms with Gasteiger partial charge in [-0.2, -0.15) is 0 Å². The standard InChI is InChI=1S/C14H19F2NO/c15-14(16)10-18-8-7-17-9-12-3-1-2-4-13(12)11-5-6-11/h1-4,11,14,17H,5-10H2. The van der Waals surface area contributed by atoms with E-state index in [1.54, 1.807) is 0 Å². The van der Waals surface area contributed by atoms with E-state index >= 15 is 0 Å². The van der Waals surface area contributed by atoms with E-state index in [4.69, 9.17) is 4.74 Å². The van der Waals surface area contributed by atoms with Crippen molar-refractivity contribution in [1.82, 2.24) is 5.32 Å². The van der Waals surface area contributed by atoms with Crippen LogP contribution in [0.2, 0.25) is 0 Å². The second kappa shape index (κ2) is 6.81. The molecule has 4 heteroatoms. The van der Waals surface area contributed by atoms with Crippen LogP contribution in [0.5, 0.6) is 0 Å². The highest BCUT2D eigenvalue weighted by Crippen LogP contribution is 2.41. The smallest absolute Gasteiger partial charge is 0.261 e. The molecule has 1 N–H and O–H groups in total. The minimum absolute atomic E-state index is 0.329. The maximum Gasteiger partial charge on any atom is 0.261 e. The molecule has 2 nitrogen and oxygen atoms in total. The fourth-order valence-electron chi connectivity index (χ4n) is 2.03. The maximum atomic E-state index is 11.8. The minimum Gasteiger partial charge on any atom is -0.374 e. The van der Waals surface area contributed by atoms with Crippen LogP contribution < -0.4 is 5.32 Å². The molecule has 0 unspecified atom stereocenters. The van der Waals surface area contributed by atoms with E-state index in [0.717, 1.165) is 12.5 Å². The fourth-order valence-corrected chi connectivity index (χ4v) is 2.03. The molecule has 1 aliphatic carbocycles. The Labute approximate surface area is 106 Å². The molecule has 1 aliphatic rings. The quantitative estimate of drug-likeness (QED) is 0.721. The van der Waals surface area contributed by atoms with Crippen LogP contribution in [0.4, 0.5) is 8.78 Å². The number of hydrogen-bond acceptors (Lipinski definition) is 2. The van der Waals surface area contributed by atoms with Crippen molar-refractivity contribution in [3.05, 3.63) is 35.4 Å². The van der Waals surface area contributed by atoms with E-state index in [1.807, 2.05) is 6.07 Å². The predicted molar refractivity (Wildman–Crippen MR) is 66.9 cm³/mol. The average molecular weight is 255 g/mol. The Bertz CT molecular complexity index is 367. The maximum absolute atomic E-state index is 11.8. The lowest BCUT2D eigenvalue weighted by atomic mass is 10.0. The van der Waals surface area contributed by atoms with Gasteiger partial charge in [0.2, 0.25) is 0 Å². The van der Waals surface area contributed by atoms with Crippen LogP contribution in [0.15, 0.2) is 24.3 Å². The van der Waals surface area contributed by atoms with Gasteiger partial charge in [0.1, 0.15) is 6.61 Å². The number of benzene rings is 1. The van der Waals surface area contributed by atoms with E-state index in [9.17, 15) is 8.78 Å². The zero-order valence-electron chi connectivity index (χ0n) is 10.4. The third-order valence-corrected chi connectivity index (χ3v) is 3.05. The second-order valence-corrected chi connectivity index (χ2v) is 4.62. The molecule has 2 rings (SSSR count). The number of rotatable bonds is 8. The van der Waals surface area contributed by atoms with Crippen LogP contribution in [0.25, 0.3) is 0 Å². The van der Waals surface area contributed by atoms with Gasteiger partial charge in [-0.1, -0.05) is 24.3 Å². The molecule has 1 aromatic carbocycles. The summed E-state index contributed by atoms with van der Waals surface area (Å²) in [5, 5.41) is 3.23. The van der Waals surface area contributed by atoms with Gasteiger partial charge in [-0.05, 0) is 29.9 Å². The van der Waals surface area contributed by atoms with Crippen LogP contribution in [-0.4, -0.2) is 26.2 Å². The lowest BCUT2D eigenvalue weighted by Gasteiger charge is -2.10. The largest absolute Gasteiger partial charge is 0.374 e. The van der Waals surface area contributed by atoms with Crippen molar-refractivity contribution in [2.45, 2.75) is 31.7 Å². The molecule has 0 aliphatic heterocycles. The van der Waals surface area contributed by atoms with Crippen molar-refractivity contribution in [2.75, 3.05) is 19.8 Å². The first-order valence-electron chi connectivity index (χ1n) is 6.42. The molecule has 0 heterocycles. The Morgan fingerprint density at radius 1 is 1.28 bits per heavy atom. The zero-order valence-corrected chi connectivity index (χ0v) is 10.4. The summed E-state index contributed by atoms with van der Waals surface area (Å²) in [6.45, 7) is 1.24. The first-order valence-corrected chi connectivity index (χ1v) is 6.42. The highest BCUT2D eigenvalue weighted by Gasteiger charge is 2.25. The second-order valence-electron chi connectivity index (χ2n) is 4.62. The highest BCUT2D eigenvalue weighted by molar-refractivity contribution is 5.33. The number of hydrogen-bond donors (Lipinski definition) is 1. The van der Waals surface area contributed by atoms with Crippen LogP contribution in [0.3, 0.4) is 0 Å². The van der Waals surface area contributed by atoms with Gasteiger partial charge in [0, 0.05) is 13.1 Å². The molecule has 0 atom stereocenters. The Balaban J connectivity index is 1.67. The molecule has 0 aromatic heterocycles. The predicted octanol–water partition coefficient (Wildman–Crippen LogP) is 2.94. The molecule has 18 heavy (non-hydrogen) atoms. The summed E-state index contributed by atoms with van der Waals surface area (Å²) >= 11 is 0. The summed E-state index contributed by atoms with van der Waals surface area (Å²) in [4.78, 5) is 0. The summed E-state index contributed by atoms with van der Waals surface area (Å²) < 4.78 is 28.4. The Morgan fingerprint density at radius 2 is 2.06 bits per heavy atom. The van der Waals surface area contributed by atoms with Gasteiger partial charge < -0.3 is 10.1 Å². The normalized spacial score (nSPS) is 15.3. The van der Waals surface area contributed by atoms with Gasteiger partial charge in [-0.15, -0.1) is 0 Å². The van der Waals surface area contributed by atoms with Crippen LogP contribution >= 0.6 is 0 Å². The van der Waals surface area contributed by atoms with Crippen LogP contribution in [0.1, 0.15) is 29.9 Å². The number of halogens is 2. The van der Waals surface area contributed by atoms with Gasteiger partial charge in [0.05, 0.1) is 6.61 Å². The summed E-state index contributed by atoms with van der Waals surface area (Å²) in [6, 6.07) is 8.42. The van der Waals surface area contributed by atoms with Crippen LogP contribution in [0, 0.1) is 0 Å². The highest BCUT2D eigenvalue weighted by atomic mass is 19.3. The van der Waals surface area contributed by atoms with Gasteiger partial charge in [-0.3, -0.25) is 0 Å². The third kappa shape index (κ3) is 4.35. The monoisotopic (exact) mass is 255 g/mol. The van der Waals surface area contributed by atoms with E-state index in [0.29, 0.717) is 13.2 Å². The molecule has 100 valence electrons. The third-order valence-electron chi connectivity index (χ3n) is 3.05. The van der Waals surface area contributed by atoms with Crippen molar-refractivity contribution >= 4 is 0 Å². The SMILES string of the molecule is FC(F)COCCNCc1ccccc1C1CC1. The first-order chi connectivity index (χ1) is 8.77. The Morgan fingerprint density at radius 3 is 2.78 bits per heavy atom. The lowest BCUT2D eigenvalue weighted by Crippen LogP contribution is -2.21. The van der Waals surface area contributed by atoms with Crippen molar-refractivity contribution in [2.24, 2.45) is 0 Å². The average Bonchev–Trinajstić information content (AvgIpc) is 3.18. The van der Waals surface area contributed by atoms with Crippen molar-refractivity contribution < 1.29 is 13.5 Å². The summed E-state index contributed by atoms with van der Waals surface area (Å²) in [6.07, 6.45) is 0.198. The molecule has 0 amide bonds. The van der Waals surface area contributed by atoms with Crippen molar-refractivity contribution in [1.29, 1.82) is 0 Å². The van der Waals surface area contributed by atoms with Crippen molar-refractivity contribution in [3.8, 4) is 0 Å². The fraction of sp³-hybridized carbons (Fsp3) is 0.571. The molecule has 0 spiro atoms. The zero-order chi connectivity index (χ0) is 12.8. The Hall–Kier alpha value is -1.00. The Kier molecular flexibility index (Phi) is 5.08. The summed E-state index contributed by atoms with van der Waals surface area (Å²) in [5.74, 6) is 0.734. The van der Waals surface area contributed by atoms with E-state index in [2.05, 4.69) is 23.5 Å². The van der Waals surface area contributed by atoms with Gasteiger partial charge >= 0.3 is 0 Å². The summed E-state index contributed by atoms with van der Waals surface area (Å²) in [7, 11) is 0. The number of ether oxygens (including phenoxy) is 1. The molecule has 0 radical (unpaired) electrons. The molecule has 1 fully saturated rings. The van der Waals surface area contributed by atoms with E-state index in [1.165, 1.54) is 24.0 Å². The molecule has 1 saturated carbocycles. The van der Waals surface area contributed by atoms with E-state index in [-0.39, 0.29) is 0 Å².